The topological polar surface area (TPSA) is 103 Å². The Labute approximate surface area is 202 Å². The van der Waals surface area contributed by atoms with Gasteiger partial charge in [0.25, 0.3) is 5.91 Å². The predicted octanol–water partition coefficient (Wildman–Crippen LogP) is 4.28. The molecule has 4 aromatic rings. The van der Waals surface area contributed by atoms with Crippen molar-refractivity contribution < 1.29 is 14.3 Å². The van der Waals surface area contributed by atoms with Crippen LogP contribution in [-0.2, 0) is 4.79 Å². The fourth-order valence-corrected chi connectivity index (χ4v) is 4.18. The molecule has 0 spiro atoms. The SMILES string of the molecule is COc1ccccc1NC(=O)C1=C(C)Nc2nc(-c3ccccc3OC)nn2C1c1ccncc1. The zero-order chi connectivity index (χ0) is 24.4. The van der Waals surface area contributed by atoms with E-state index in [9.17, 15) is 4.79 Å². The molecule has 0 bridgehead atoms. The van der Waals surface area contributed by atoms with Crippen molar-refractivity contribution in [2.45, 2.75) is 13.0 Å². The number of rotatable bonds is 6. The Hall–Kier alpha value is -4.66. The maximum atomic E-state index is 13.7. The summed E-state index contributed by atoms with van der Waals surface area (Å²) in [7, 11) is 3.18. The van der Waals surface area contributed by atoms with E-state index in [1.165, 1.54) is 0 Å². The molecule has 3 heterocycles. The van der Waals surface area contributed by atoms with Crippen LogP contribution in [0.1, 0.15) is 18.5 Å². The van der Waals surface area contributed by atoms with Gasteiger partial charge in [0.05, 0.1) is 31.0 Å². The number of aromatic nitrogens is 4. The van der Waals surface area contributed by atoms with Gasteiger partial charge in [-0.3, -0.25) is 9.78 Å². The molecule has 35 heavy (non-hydrogen) atoms. The standard InChI is InChI=1S/C26H24N6O3/c1-16-22(25(33)29-19-9-5-7-11-21(19)35-3)23(17-12-14-27-15-13-17)32-26(28-16)30-24(31-32)18-8-4-6-10-20(18)34-2/h4-15,23H,1-3H3,(H,29,33)(H,28,30,31). The second-order valence-electron chi connectivity index (χ2n) is 7.91. The highest BCUT2D eigenvalue weighted by atomic mass is 16.5. The first-order chi connectivity index (χ1) is 17.1. The summed E-state index contributed by atoms with van der Waals surface area (Å²) in [4.78, 5) is 22.5. The van der Waals surface area contributed by atoms with Crippen LogP contribution in [0.25, 0.3) is 11.4 Å². The molecular weight excluding hydrogens is 444 g/mol. The number of amides is 1. The molecule has 2 aromatic carbocycles. The Kier molecular flexibility index (Phi) is 5.88. The number of hydrogen-bond donors (Lipinski definition) is 2. The van der Waals surface area contributed by atoms with Gasteiger partial charge in [0.15, 0.2) is 5.82 Å². The largest absolute Gasteiger partial charge is 0.496 e. The van der Waals surface area contributed by atoms with Gasteiger partial charge in [0.2, 0.25) is 5.95 Å². The van der Waals surface area contributed by atoms with Gasteiger partial charge < -0.3 is 20.1 Å². The molecule has 5 rings (SSSR count). The first kappa shape index (κ1) is 22.1. The molecule has 9 nitrogen and oxygen atoms in total. The lowest BCUT2D eigenvalue weighted by molar-refractivity contribution is -0.113. The predicted molar refractivity (Wildman–Crippen MR) is 132 cm³/mol. The minimum absolute atomic E-state index is 0.277. The Morgan fingerprint density at radius 3 is 2.40 bits per heavy atom. The summed E-state index contributed by atoms with van der Waals surface area (Å²) in [5.41, 5.74) is 3.36. The van der Waals surface area contributed by atoms with E-state index in [0.717, 1.165) is 11.1 Å². The molecule has 2 aromatic heterocycles. The molecule has 0 aliphatic carbocycles. The Morgan fingerprint density at radius 1 is 0.971 bits per heavy atom. The number of methoxy groups -OCH3 is 2. The number of allylic oxidation sites excluding steroid dienone is 1. The Morgan fingerprint density at radius 2 is 1.66 bits per heavy atom. The highest BCUT2D eigenvalue weighted by Gasteiger charge is 2.35. The smallest absolute Gasteiger partial charge is 0.255 e. The average Bonchev–Trinajstić information content (AvgIpc) is 3.32. The number of carbonyl (C=O) groups is 1. The number of para-hydroxylation sites is 3. The van der Waals surface area contributed by atoms with Crippen molar-refractivity contribution in [3.05, 3.63) is 89.9 Å². The molecule has 9 heteroatoms. The van der Waals surface area contributed by atoms with Crippen LogP contribution in [-0.4, -0.2) is 39.9 Å². The van der Waals surface area contributed by atoms with Crippen LogP contribution < -0.4 is 20.1 Å². The van der Waals surface area contributed by atoms with Gasteiger partial charge in [-0.1, -0.05) is 24.3 Å². The summed E-state index contributed by atoms with van der Waals surface area (Å²) in [5, 5.41) is 11.0. The molecule has 176 valence electrons. The quantitative estimate of drug-likeness (QED) is 0.435. The van der Waals surface area contributed by atoms with Crippen LogP contribution in [0.3, 0.4) is 0 Å². The van der Waals surface area contributed by atoms with Crippen molar-refractivity contribution in [1.29, 1.82) is 0 Å². The van der Waals surface area contributed by atoms with E-state index >= 15 is 0 Å². The van der Waals surface area contributed by atoms with Crippen LogP contribution in [0.5, 0.6) is 11.5 Å². The Balaban J connectivity index is 1.60. The number of fused-ring (bicyclic) bond motifs is 1. The van der Waals surface area contributed by atoms with Crippen molar-refractivity contribution in [2.24, 2.45) is 0 Å². The van der Waals surface area contributed by atoms with E-state index in [1.807, 2.05) is 55.5 Å². The zero-order valence-corrected chi connectivity index (χ0v) is 19.5. The maximum Gasteiger partial charge on any atom is 0.255 e. The number of anilines is 2. The first-order valence-electron chi connectivity index (χ1n) is 11.0. The van der Waals surface area contributed by atoms with E-state index in [2.05, 4.69) is 15.6 Å². The van der Waals surface area contributed by atoms with Crippen molar-refractivity contribution in [2.75, 3.05) is 24.9 Å². The van der Waals surface area contributed by atoms with Crippen LogP contribution in [0.15, 0.2) is 84.3 Å². The third kappa shape index (κ3) is 4.08. The number of benzene rings is 2. The van der Waals surface area contributed by atoms with E-state index in [4.69, 9.17) is 19.6 Å². The van der Waals surface area contributed by atoms with Crippen molar-refractivity contribution in [1.82, 2.24) is 19.7 Å². The summed E-state index contributed by atoms with van der Waals surface area (Å²) in [6.45, 7) is 1.85. The fraction of sp³-hybridized carbons (Fsp3) is 0.154. The van der Waals surface area contributed by atoms with Gasteiger partial charge >= 0.3 is 0 Å². The maximum absolute atomic E-state index is 13.7. The molecule has 0 saturated heterocycles. The monoisotopic (exact) mass is 468 g/mol. The zero-order valence-electron chi connectivity index (χ0n) is 19.5. The molecular formula is C26H24N6O3. The summed E-state index contributed by atoms with van der Waals surface area (Å²) in [5.74, 6) is 1.97. The molecule has 2 N–H and O–H groups in total. The molecule has 1 aliphatic heterocycles. The number of pyridine rings is 1. The lowest BCUT2D eigenvalue weighted by Crippen LogP contribution is -2.31. The second-order valence-corrected chi connectivity index (χ2v) is 7.91. The van der Waals surface area contributed by atoms with Gasteiger partial charge in [-0.25, -0.2) is 4.68 Å². The van der Waals surface area contributed by atoms with Gasteiger partial charge in [0.1, 0.15) is 17.5 Å². The minimum Gasteiger partial charge on any atom is -0.496 e. The van der Waals surface area contributed by atoms with E-state index in [0.29, 0.717) is 40.2 Å². The summed E-state index contributed by atoms with van der Waals surface area (Å²) in [6.07, 6.45) is 3.39. The molecule has 1 atom stereocenters. The van der Waals surface area contributed by atoms with Crippen molar-refractivity contribution >= 4 is 17.5 Å². The lowest BCUT2D eigenvalue weighted by atomic mass is 9.96. The molecule has 1 aliphatic rings. The van der Waals surface area contributed by atoms with Crippen molar-refractivity contribution in [3.63, 3.8) is 0 Å². The molecule has 1 unspecified atom stereocenters. The number of nitrogens with zero attached hydrogens (tertiary/aromatic N) is 4. The summed E-state index contributed by atoms with van der Waals surface area (Å²) < 4.78 is 12.6. The molecule has 0 fully saturated rings. The fourth-order valence-electron chi connectivity index (χ4n) is 4.18. The van der Waals surface area contributed by atoms with Gasteiger partial charge in [0, 0.05) is 18.1 Å². The van der Waals surface area contributed by atoms with Crippen LogP contribution in [0.2, 0.25) is 0 Å². The highest BCUT2D eigenvalue weighted by Crippen LogP contribution is 2.38. The van der Waals surface area contributed by atoms with Gasteiger partial charge in [-0.05, 0) is 48.9 Å². The summed E-state index contributed by atoms with van der Waals surface area (Å²) >= 11 is 0. The summed E-state index contributed by atoms with van der Waals surface area (Å²) in [6, 6.07) is 18.0. The van der Waals surface area contributed by atoms with Crippen LogP contribution in [0.4, 0.5) is 11.6 Å². The van der Waals surface area contributed by atoms with Crippen molar-refractivity contribution in [3.8, 4) is 22.9 Å². The van der Waals surface area contributed by atoms with Gasteiger partial charge in [-0.15, -0.1) is 5.10 Å². The highest BCUT2D eigenvalue weighted by molar-refractivity contribution is 6.06. The van der Waals surface area contributed by atoms with Gasteiger partial charge in [-0.2, -0.15) is 4.98 Å². The first-order valence-corrected chi connectivity index (χ1v) is 11.0. The number of carbonyl (C=O) groups excluding carboxylic acids is 1. The Bertz CT molecular complexity index is 1410. The number of hydrogen-bond acceptors (Lipinski definition) is 7. The average molecular weight is 469 g/mol. The van der Waals surface area contributed by atoms with Crippen LogP contribution >= 0.6 is 0 Å². The van der Waals surface area contributed by atoms with E-state index in [1.54, 1.807) is 43.4 Å². The van der Waals surface area contributed by atoms with Crippen LogP contribution in [0, 0.1) is 0 Å². The third-order valence-corrected chi connectivity index (χ3v) is 5.82. The van der Waals surface area contributed by atoms with E-state index < -0.39 is 6.04 Å². The molecule has 0 saturated carbocycles. The second kappa shape index (κ2) is 9.30. The third-order valence-electron chi connectivity index (χ3n) is 5.82. The van der Waals surface area contributed by atoms with E-state index in [-0.39, 0.29) is 5.91 Å². The minimum atomic E-state index is -0.528. The number of ether oxygens (including phenoxy) is 2. The molecule has 0 radical (unpaired) electrons. The number of nitrogens with one attached hydrogen (secondary N) is 2. The normalized spacial score (nSPS) is 14.7. The lowest BCUT2D eigenvalue weighted by Gasteiger charge is -2.28. The molecule has 1 amide bonds.